The van der Waals surface area contributed by atoms with E-state index in [0.717, 1.165) is 15.9 Å². The molecule has 2 amide bonds. The number of primary sulfonamides is 1. The van der Waals surface area contributed by atoms with Gasteiger partial charge in [-0.25, -0.2) is 18.4 Å². The summed E-state index contributed by atoms with van der Waals surface area (Å²) in [6, 6.07) is 11.1. The van der Waals surface area contributed by atoms with E-state index in [9.17, 15) is 13.2 Å². The molecule has 1 heterocycles. The Bertz CT molecular complexity index is 1160. The van der Waals surface area contributed by atoms with Gasteiger partial charge in [-0.15, -0.1) is 11.3 Å². The first-order chi connectivity index (χ1) is 13.1. The van der Waals surface area contributed by atoms with Crippen LogP contribution in [0.5, 0.6) is 0 Å². The summed E-state index contributed by atoms with van der Waals surface area (Å²) in [5.41, 5.74) is 2.16. The van der Waals surface area contributed by atoms with Gasteiger partial charge in [-0.2, -0.15) is 0 Å². The van der Waals surface area contributed by atoms with Crippen LogP contribution < -0.4 is 15.4 Å². The predicted molar refractivity (Wildman–Crippen MR) is 116 cm³/mol. The summed E-state index contributed by atoms with van der Waals surface area (Å²) in [6.45, 7) is 4.57. The molecular weight excluding hydrogens is 416 g/mol. The third kappa shape index (κ3) is 4.76. The maximum atomic E-state index is 12.9. The molecule has 0 aliphatic carbocycles. The molecule has 10 heteroatoms. The number of H-pyrrole nitrogens is 1. The molecule has 0 saturated carbocycles. The number of urea groups is 1. The molecule has 7 nitrogen and oxygen atoms in total. The lowest BCUT2D eigenvalue weighted by molar-refractivity contribution is 0.256. The van der Waals surface area contributed by atoms with Crippen LogP contribution in [0.2, 0.25) is 0 Å². The maximum absolute atomic E-state index is 12.9. The second-order valence-electron chi connectivity index (χ2n) is 6.70. The van der Waals surface area contributed by atoms with E-state index in [4.69, 9.17) is 17.4 Å². The van der Waals surface area contributed by atoms with Crippen molar-refractivity contribution in [3.8, 4) is 0 Å². The van der Waals surface area contributed by atoms with Crippen molar-refractivity contribution < 1.29 is 13.2 Å². The van der Waals surface area contributed by atoms with Gasteiger partial charge in [0, 0.05) is 17.9 Å². The van der Waals surface area contributed by atoms with Crippen LogP contribution in [-0.2, 0) is 10.0 Å². The summed E-state index contributed by atoms with van der Waals surface area (Å²) < 4.78 is 24.4. The third-order valence-corrected chi connectivity index (χ3v) is 6.07. The highest BCUT2D eigenvalue weighted by atomic mass is 32.2. The Morgan fingerprint density at radius 1 is 1.25 bits per heavy atom. The van der Waals surface area contributed by atoms with Gasteiger partial charge in [0.25, 0.3) is 0 Å². The van der Waals surface area contributed by atoms with Crippen LogP contribution in [0.3, 0.4) is 0 Å². The number of nitrogens with two attached hydrogens (primary N) is 1. The molecule has 0 spiro atoms. The van der Waals surface area contributed by atoms with E-state index in [1.54, 1.807) is 4.90 Å². The lowest BCUT2D eigenvalue weighted by atomic mass is 10.2. The van der Waals surface area contributed by atoms with Crippen LogP contribution in [0.15, 0.2) is 47.4 Å². The Balaban J connectivity index is 1.87. The zero-order valence-corrected chi connectivity index (χ0v) is 17.7. The van der Waals surface area contributed by atoms with E-state index >= 15 is 0 Å². The predicted octanol–water partition coefficient (Wildman–Crippen LogP) is 4.30. The van der Waals surface area contributed by atoms with Crippen molar-refractivity contribution in [2.24, 2.45) is 11.1 Å². The Labute approximate surface area is 172 Å². The van der Waals surface area contributed by atoms with E-state index in [0.29, 0.717) is 16.2 Å². The quantitative estimate of drug-likeness (QED) is 0.518. The largest absolute Gasteiger partial charge is 0.337 e. The molecule has 0 unspecified atom stereocenters. The Kier molecular flexibility index (Phi) is 5.84. The van der Waals surface area contributed by atoms with Crippen molar-refractivity contribution >= 4 is 61.2 Å². The number of hydrogen-bond donors (Lipinski definition) is 3. The zero-order chi connectivity index (χ0) is 20.5. The third-order valence-electron chi connectivity index (χ3n) is 3.94. The number of thiazole rings is 1. The van der Waals surface area contributed by atoms with Gasteiger partial charge in [0.1, 0.15) is 0 Å². The van der Waals surface area contributed by atoms with Gasteiger partial charge in [0.05, 0.1) is 15.1 Å². The van der Waals surface area contributed by atoms with Gasteiger partial charge in [-0.05, 0) is 60.6 Å². The van der Waals surface area contributed by atoms with Gasteiger partial charge >= 0.3 is 6.03 Å². The number of carbonyl (C=O) groups is 1. The van der Waals surface area contributed by atoms with Crippen LogP contribution >= 0.6 is 23.6 Å². The van der Waals surface area contributed by atoms with Gasteiger partial charge in [-0.1, -0.05) is 13.8 Å². The van der Waals surface area contributed by atoms with Crippen molar-refractivity contribution in [1.82, 2.24) is 4.98 Å². The van der Waals surface area contributed by atoms with Crippen LogP contribution in [0, 0.1) is 9.87 Å². The second kappa shape index (κ2) is 8.00. The zero-order valence-electron chi connectivity index (χ0n) is 15.3. The molecule has 0 aliphatic rings. The van der Waals surface area contributed by atoms with Crippen molar-refractivity contribution in [1.29, 1.82) is 0 Å². The standard InChI is InChI=1S/C18H20N4O3S3/c1-11(2)10-22(13-5-8-15-16(9-13)27-18(26)21-15)17(23)20-12-3-6-14(7-4-12)28(19,24)25/h3-9,11H,10H2,1-2H3,(H,20,23)(H,21,26)(H2,19,24,25). The van der Waals surface area contributed by atoms with Crippen molar-refractivity contribution in [2.45, 2.75) is 18.7 Å². The topological polar surface area (TPSA) is 108 Å². The highest BCUT2D eigenvalue weighted by Gasteiger charge is 2.18. The molecule has 0 atom stereocenters. The number of nitrogens with zero attached hydrogens (tertiary/aromatic N) is 1. The summed E-state index contributed by atoms with van der Waals surface area (Å²) >= 11 is 6.64. The highest BCUT2D eigenvalue weighted by molar-refractivity contribution is 7.89. The molecule has 148 valence electrons. The molecule has 0 radical (unpaired) electrons. The monoisotopic (exact) mass is 436 g/mol. The minimum atomic E-state index is -3.78. The number of aromatic nitrogens is 1. The number of nitrogens with one attached hydrogen (secondary N) is 2. The van der Waals surface area contributed by atoms with Crippen LogP contribution in [0.25, 0.3) is 10.2 Å². The molecule has 1 aromatic heterocycles. The Morgan fingerprint density at radius 2 is 1.93 bits per heavy atom. The number of fused-ring (bicyclic) bond motifs is 1. The molecule has 3 rings (SSSR count). The lowest BCUT2D eigenvalue weighted by Gasteiger charge is -2.25. The fourth-order valence-corrected chi connectivity index (χ4v) is 4.36. The summed E-state index contributed by atoms with van der Waals surface area (Å²) in [6.07, 6.45) is 0. The van der Waals surface area contributed by atoms with Crippen LogP contribution in [-0.4, -0.2) is 26.0 Å². The van der Waals surface area contributed by atoms with E-state index in [1.165, 1.54) is 35.6 Å². The number of sulfonamides is 1. The summed E-state index contributed by atoms with van der Waals surface area (Å²) in [5.74, 6) is 0.246. The molecule has 28 heavy (non-hydrogen) atoms. The lowest BCUT2D eigenvalue weighted by Crippen LogP contribution is -2.37. The molecule has 4 N–H and O–H groups in total. The number of hydrogen-bond acceptors (Lipinski definition) is 5. The molecular formula is C18H20N4O3S3. The van der Waals surface area contributed by atoms with E-state index in [2.05, 4.69) is 10.3 Å². The van der Waals surface area contributed by atoms with Crippen molar-refractivity contribution in [2.75, 3.05) is 16.8 Å². The SMILES string of the molecule is CC(C)CN(C(=O)Nc1ccc(S(N)(=O)=O)cc1)c1ccc2[nH]c(=S)sc2c1. The first-order valence-corrected chi connectivity index (χ1v) is 11.2. The molecule has 0 fully saturated rings. The Hall–Kier alpha value is -2.27. The normalized spacial score (nSPS) is 11.7. The number of anilines is 2. The summed E-state index contributed by atoms with van der Waals surface area (Å²) in [4.78, 5) is 17.7. The minimum Gasteiger partial charge on any atom is -0.337 e. The van der Waals surface area contributed by atoms with Gasteiger partial charge in [0.2, 0.25) is 10.0 Å². The first-order valence-electron chi connectivity index (χ1n) is 8.48. The number of benzene rings is 2. The van der Waals surface area contributed by atoms with E-state index in [-0.39, 0.29) is 16.8 Å². The molecule has 3 aromatic rings. The van der Waals surface area contributed by atoms with Crippen molar-refractivity contribution in [3.63, 3.8) is 0 Å². The van der Waals surface area contributed by atoms with Crippen LogP contribution in [0.1, 0.15) is 13.8 Å². The minimum absolute atomic E-state index is 0.0105. The number of carbonyl (C=O) groups excluding carboxylic acids is 1. The highest BCUT2D eigenvalue weighted by Crippen LogP contribution is 2.27. The smallest absolute Gasteiger partial charge is 0.326 e. The Morgan fingerprint density at radius 3 is 2.54 bits per heavy atom. The maximum Gasteiger partial charge on any atom is 0.326 e. The number of amides is 2. The average molecular weight is 437 g/mol. The first kappa shape index (κ1) is 20.5. The molecule has 0 aliphatic heterocycles. The second-order valence-corrected chi connectivity index (χ2v) is 9.98. The van der Waals surface area contributed by atoms with E-state index < -0.39 is 10.0 Å². The fraction of sp³-hybridized carbons (Fsp3) is 0.222. The van der Waals surface area contributed by atoms with Gasteiger partial charge < -0.3 is 10.3 Å². The van der Waals surface area contributed by atoms with Crippen LogP contribution in [0.4, 0.5) is 16.2 Å². The van der Waals surface area contributed by atoms with Gasteiger partial charge in [-0.3, -0.25) is 4.90 Å². The summed E-state index contributed by atoms with van der Waals surface area (Å²) in [7, 11) is -3.78. The average Bonchev–Trinajstić information content (AvgIpc) is 2.98. The number of aromatic amines is 1. The fourth-order valence-electron chi connectivity index (χ4n) is 2.69. The molecule has 2 aromatic carbocycles. The molecule has 0 bridgehead atoms. The number of rotatable bonds is 5. The van der Waals surface area contributed by atoms with Gasteiger partial charge in [0.15, 0.2) is 3.95 Å². The van der Waals surface area contributed by atoms with E-state index in [1.807, 2.05) is 32.0 Å². The molecule has 0 saturated heterocycles. The summed E-state index contributed by atoms with van der Waals surface area (Å²) in [5, 5.41) is 7.91. The van der Waals surface area contributed by atoms with Crippen molar-refractivity contribution in [3.05, 3.63) is 46.4 Å².